The number of phenolic OH excluding ortho intramolecular Hbond substituents is 1. The van der Waals surface area contributed by atoms with Gasteiger partial charge in [-0.15, -0.1) is 0 Å². The number of rotatable bonds is 5. The highest BCUT2D eigenvalue weighted by molar-refractivity contribution is 5.98. The molecule has 0 bridgehead atoms. The Morgan fingerprint density at radius 2 is 2.24 bits per heavy atom. The number of para-hydroxylation sites is 1. The molecule has 0 aliphatic heterocycles. The van der Waals surface area contributed by atoms with Crippen LogP contribution in [0.25, 0.3) is 0 Å². The molecule has 0 unspecified atom stereocenters. The molecule has 1 aromatic carbocycles. The summed E-state index contributed by atoms with van der Waals surface area (Å²) < 4.78 is 1.69. The Hall–Kier alpha value is -2.90. The number of aryl methyl sites for hydroxylation is 1. The number of aromatic hydroxyl groups is 1. The molecule has 0 aliphatic rings. The summed E-state index contributed by atoms with van der Waals surface area (Å²) in [7, 11) is 1.80. The van der Waals surface area contributed by atoms with Gasteiger partial charge in [-0.2, -0.15) is 5.10 Å². The van der Waals surface area contributed by atoms with Crippen molar-refractivity contribution < 1.29 is 14.8 Å². The van der Waals surface area contributed by atoms with Crippen molar-refractivity contribution in [2.45, 2.75) is 6.42 Å². The molecule has 0 saturated heterocycles. The maximum atomic E-state index is 11.9. The Kier molecular flexibility index (Phi) is 4.17. The topological polar surface area (TPSA) is 110 Å². The first kappa shape index (κ1) is 14.5. The van der Waals surface area contributed by atoms with Gasteiger partial charge >= 0.3 is 5.69 Å². The molecule has 0 spiro atoms. The minimum absolute atomic E-state index is 0.116. The van der Waals surface area contributed by atoms with Gasteiger partial charge in [-0.25, -0.2) is 0 Å². The van der Waals surface area contributed by atoms with E-state index in [1.807, 2.05) is 6.07 Å². The summed E-state index contributed by atoms with van der Waals surface area (Å²) in [4.78, 5) is 21.9. The second-order valence-corrected chi connectivity index (χ2v) is 4.38. The minimum atomic E-state index is -0.734. The first-order valence-electron chi connectivity index (χ1n) is 6.22. The number of nitrogens with zero attached hydrogens (tertiary/aromatic N) is 3. The van der Waals surface area contributed by atoms with Crippen LogP contribution in [0.15, 0.2) is 30.5 Å². The molecule has 1 heterocycles. The van der Waals surface area contributed by atoms with E-state index < -0.39 is 22.3 Å². The lowest BCUT2D eigenvalue weighted by molar-refractivity contribution is -0.385. The van der Waals surface area contributed by atoms with E-state index in [1.165, 1.54) is 12.1 Å². The van der Waals surface area contributed by atoms with Gasteiger partial charge in [0.1, 0.15) is 0 Å². The lowest BCUT2D eigenvalue weighted by Crippen LogP contribution is -2.26. The fourth-order valence-corrected chi connectivity index (χ4v) is 1.91. The number of nitro groups is 1. The third-order valence-electron chi connectivity index (χ3n) is 3.05. The first-order valence-corrected chi connectivity index (χ1v) is 6.22. The summed E-state index contributed by atoms with van der Waals surface area (Å²) in [5, 5.41) is 27.1. The molecule has 0 saturated carbocycles. The van der Waals surface area contributed by atoms with Crippen molar-refractivity contribution in [3.05, 3.63) is 51.8 Å². The van der Waals surface area contributed by atoms with Crippen molar-refractivity contribution >= 4 is 11.6 Å². The quantitative estimate of drug-likeness (QED) is 0.630. The highest BCUT2D eigenvalue weighted by Gasteiger charge is 2.20. The highest BCUT2D eigenvalue weighted by atomic mass is 16.6. The predicted molar refractivity (Wildman–Crippen MR) is 74.0 cm³/mol. The molecule has 0 aliphatic carbocycles. The van der Waals surface area contributed by atoms with E-state index in [0.717, 1.165) is 11.8 Å². The van der Waals surface area contributed by atoms with Crippen LogP contribution < -0.4 is 5.32 Å². The Labute approximate surface area is 120 Å². The average molecular weight is 290 g/mol. The zero-order valence-electron chi connectivity index (χ0n) is 11.3. The van der Waals surface area contributed by atoms with Gasteiger partial charge in [-0.3, -0.25) is 19.6 Å². The van der Waals surface area contributed by atoms with Gasteiger partial charge in [0.2, 0.25) is 5.75 Å². The van der Waals surface area contributed by atoms with Gasteiger partial charge in [-0.05, 0) is 12.1 Å². The second-order valence-electron chi connectivity index (χ2n) is 4.38. The summed E-state index contributed by atoms with van der Waals surface area (Å²) in [5.74, 6) is -1.18. The van der Waals surface area contributed by atoms with Crippen molar-refractivity contribution in [3.8, 4) is 5.75 Å². The number of nitrogens with one attached hydrogen (secondary N) is 1. The normalized spacial score (nSPS) is 10.3. The van der Waals surface area contributed by atoms with Crippen LogP contribution in [0.1, 0.15) is 16.1 Å². The summed E-state index contributed by atoms with van der Waals surface area (Å²) >= 11 is 0. The van der Waals surface area contributed by atoms with Crippen LogP contribution in [-0.2, 0) is 13.5 Å². The highest BCUT2D eigenvalue weighted by Crippen LogP contribution is 2.28. The third kappa shape index (κ3) is 3.16. The first-order chi connectivity index (χ1) is 10.0. The van der Waals surface area contributed by atoms with Crippen LogP contribution in [0.4, 0.5) is 5.69 Å². The van der Waals surface area contributed by atoms with E-state index in [-0.39, 0.29) is 5.56 Å². The number of hydrogen-bond acceptors (Lipinski definition) is 5. The monoisotopic (exact) mass is 290 g/mol. The number of amides is 1. The van der Waals surface area contributed by atoms with E-state index in [4.69, 9.17) is 0 Å². The van der Waals surface area contributed by atoms with E-state index in [2.05, 4.69) is 10.4 Å². The van der Waals surface area contributed by atoms with Crippen LogP contribution in [0, 0.1) is 10.1 Å². The smallest absolute Gasteiger partial charge is 0.311 e. The molecule has 0 radical (unpaired) electrons. The van der Waals surface area contributed by atoms with Crippen molar-refractivity contribution in [2.75, 3.05) is 6.54 Å². The Balaban J connectivity index is 2.02. The molecule has 2 aromatic rings. The standard InChI is InChI=1S/C13H14N4O4/c1-16-9(6-8-15-16)5-7-14-13(19)10-3-2-4-11(12(10)18)17(20)21/h2-4,6,8,18H,5,7H2,1H3,(H,14,19). The van der Waals surface area contributed by atoms with Crippen LogP contribution in [0.2, 0.25) is 0 Å². The molecule has 0 atom stereocenters. The molecular weight excluding hydrogens is 276 g/mol. The molecule has 0 fully saturated rings. The van der Waals surface area contributed by atoms with Gasteiger partial charge in [0.15, 0.2) is 0 Å². The average Bonchev–Trinajstić information content (AvgIpc) is 2.84. The Morgan fingerprint density at radius 1 is 1.48 bits per heavy atom. The maximum Gasteiger partial charge on any atom is 0.311 e. The number of hydrogen-bond donors (Lipinski definition) is 2. The lowest BCUT2D eigenvalue weighted by Gasteiger charge is -2.07. The van der Waals surface area contributed by atoms with Gasteiger partial charge < -0.3 is 10.4 Å². The molecule has 8 heteroatoms. The van der Waals surface area contributed by atoms with Crippen molar-refractivity contribution in [3.63, 3.8) is 0 Å². The molecule has 110 valence electrons. The van der Waals surface area contributed by atoms with E-state index >= 15 is 0 Å². The Morgan fingerprint density at radius 3 is 2.86 bits per heavy atom. The van der Waals surface area contributed by atoms with Gasteiger partial charge in [0, 0.05) is 38.0 Å². The van der Waals surface area contributed by atoms with Crippen LogP contribution >= 0.6 is 0 Å². The van der Waals surface area contributed by atoms with Crippen LogP contribution in [-0.4, -0.2) is 32.3 Å². The number of phenols is 1. The second kappa shape index (κ2) is 6.04. The molecular formula is C13H14N4O4. The zero-order valence-corrected chi connectivity index (χ0v) is 11.3. The predicted octanol–water partition coefficient (Wildman–Crippen LogP) is 1.01. The minimum Gasteiger partial charge on any atom is -0.502 e. The van der Waals surface area contributed by atoms with E-state index in [1.54, 1.807) is 17.9 Å². The van der Waals surface area contributed by atoms with Gasteiger partial charge in [0.05, 0.1) is 10.5 Å². The van der Waals surface area contributed by atoms with Crippen LogP contribution in [0.3, 0.4) is 0 Å². The SMILES string of the molecule is Cn1nccc1CCNC(=O)c1cccc([N+](=O)[O-])c1O. The fourth-order valence-electron chi connectivity index (χ4n) is 1.91. The number of carbonyl (C=O) groups is 1. The molecule has 2 rings (SSSR count). The summed E-state index contributed by atoms with van der Waals surface area (Å²) in [6.45, 7) is 0.334. The molecule has 21 heavy (non-hydrogen) atoms. The van der Waals surface area contributed by atoms with Crippen molar-refractivity contribution in [1.29, 1.82) is 0 Å². The third-order valence-corrected chi connectivity index (χ3v) is 3.05. The molecule has 1 amide bonds. The molecule has 1 aromatic heterocycles. The van der Waals surface area contributed by atoms with E-state index in [9.17, 15) is 20.0 Å². The molecule has 2 N–H and O–H groups in total. The van der Waals surface area contributed by atoms with Crippen molar-refractivity contribution in [1.82, 2.24) is 15.1 Å². The number of carbonyl (C=O) groups excluding carboxylic acids is 1. The number of benzene rings is 1. The zero-order chi connectivity index (χ0) is 15.4. The fraction of sp³-hybridized carbons (Fsp3) is 0.231. The van der Waals surface area contributed by atoms with Gasteiger partial charge in [0.25, 0.3) is 5.91 Å². The summed E-state index contributed by atoms with van der Waals surface area (Å²) in [6, 6.07) is 5.66. The number of nitro benzene ring substituents is 1. The Bertz CT molecular complexity index is 681. The number of aromatic nitrogens is 2. The molecule has 8 nitrogen and oxygen atoms in total. The van der Waals surface area contributed by atoms with Gasteiger partial charge in [-0.1, -0.05) is 6.07 Å². The summed E-state index contributed by atoms with van der Waals surface area (Å²) in [6.07, 6.45) is 2.22. The lowest BCUT2D eigenvalue weighted by atomic mass is 10.1. The maximum absolute atomic E-state index is 11.9. The van der Waals surface area contributed by atoms with Crippen molar-refractivity contribution in [2.24, 2.45) is 7.05 Å². The largest absolute Gasteiger partial charge is 0.502 e. The van der Waals surface area contributed by atoms with Crippen LogP contribution in [0.5, 0.6) is 5.75 Å². The van der Waals surface area contributed by atoms with E-state index in [0.29, 0.717) is 13.0 Å². The summed E-state index contributed by atoms with van der Waals surface area (Å²) in [5.41, 5.74) is 0.335.